The third kappa shape index (κ3) is 6.55. The molecule has 9 heteroatoms. The lowest BCUT2D eigenvalue weighted by atomic mass is 9.99. The molecule has 0 radical (unpaired) electrons. The summed E-state index contributed by atoms with van der Waals surface area (Å²) in [6.45, 7) is 7.16. The van der Waals surface area contributed by atoms with Gasteiger partial charge in [0, 0.05) is 30.3 Å². The van der Waals surface area contributed by atoms with Gasteiger partial charge in [-0.3, -0.25) is 4.79 Å². The molecule has 1 fully saturated rings. The fourth-order valence-electron chi connectivity index (χ4n) is 3.24. The summed E-state index contributed by atoms with van der Waals surface area (Å²) in [6, 6.07) is 7.14. The van der Waals surface area contributed by atoms with Crippen molar-refractivity contribution in [3.63, 3.8) is 0 Å². The minimum absolute atomic E-state index is 0.0618. The third-order valence-electron chi connectivity index (χ3n) is 4.51. The van der Waals surface area contributed by atoms with Crippen LogP contribution in [0.1, 0.15) is 33.6 Å². The van der Waals surface area contributed by atoms with Crippen LogP contribution in [0.15, 0.2) is 35.1 Å². The van der Waals surface area contributed by atoms with Crippen molar-refractivity contribution in [3.05, 3.63) is 30.7 Å². The van der Waals surface area contributed by atoms with Crippen LogP contribution in [0.4, 0.5) is 10.5 Å². The first-order valence-electron chi connectivity index (χ1n) is 10.0. The highest BCUT2D eigenvalue weighted by molar-refractivity contribution is 5.92. The van der Waals surface area contributed by atoms with Crippen molar-refractivity contribution in [1.29, 1.82) is 0 Å². The SMILES string of the molecule is CC(C)(C)OC(=O)N1CCC[C@@H](COCC(=O)Nc2cccc(-c3nnco3)c2)C1. The van der Waals surface area contributed by atoms with Gasteiger partial charge in [0.1, 0.15) is 12.2 Å². The van der Waals surface area contributed by atoms with Crippen LogP contribution in [0.25, 0.3) is 11.5 Å². The minimum atomic E-state index is -0.514. The maximum atomic E-state index is 12.2. The van der Waals surface area contributed by atoms with Crippen LogP contribution >= 0.6 is 0 Å². The number of anilines is 1. The van der Waals surface area contributed by atoms with E-state index in [9.17, 15) is 9.59 Å². The molecule has 0 spiro atoms. The van der Waals surface area contributed by atoms with E-state index in [1.165, 1.54) is 6.39 Å². The van der Waals surface area contributed by atoms with Crippen LogP contribution in [0.2, 0.25) is 0 Å². The fraction of sp³-hybridized carbons (Fsp3) is 0.524. The van der Waals surface area contributed by atoms with E-state index in [-0.39, 0.29) is 24.5 Å². The highest BCUT2D eigenvalue weighted by Crippen LogP contribution is 2.21. The quantitative estimate of drug-likeness (QED) is 0.769. The zero-order valence-corrected chi connectivity index (χ0v) is 17.6. The predicted octanol–water partition coefficient (Wildman–Crippen LogP) is 3.34. The number of amides is 2. The van der Waals surface area contributed by atoms with Crippen LogP contribution < -0.4 is 5.32 Å². The summed E-state index contributed by atoms with van der Waals surface area (Å²) in [4.78, 5) is 26.2. The van der Waals surface area contributed by atoms with Crippen molar-refractivity contribution >= 4 is 17.7 Å². The summed E-state index contributed by atoms with van der Waals surface area (Å²) in [5.74, 6) is 0.312. The molecule has 3 rings (SSSR count). The van der Waals surface area contributed by atoms with Gasteiger partial charge in [0.05, 0.1) is 6.61 Å². The molecule has 1 aliphatic rings. The van der Waals surface area contributed by atoms with Crippen LogP contribution in [-0.4, -0.2) is 59.0 Å². The lowest BCUT2D eigenvalue weighted by molar-refractivity contribution is -0.121. The number of benzene rings is 1. The van der Waals surface area contributed by atoms with E-state index in [0.717, 1.165) is 18.4 Å². The highest BCUT2D eigenvalue weighted by atomic mass is 16.6. The lowest BCUT2D eigenvalue weighted by Gasteiger charge is -2.34. The Labute approximate surface area is 175 Å². The molecular weight excluding hydrogens is 388 g/mol. The standard InChI is InChI=1S/C21H28N4O5/c1-21(2,3)30-20(27)25-9-5-6-15(11-25)12-28-13-18(26)23-17-8-4-7-16(10-17)19-24-22-14-29-19/h4,7-8,10,14-15H,5-6,9,11-13H2,1-3H3,(H,23,26)/t15-/m1/s1. The Hall–Kier alpha value is -2.94. The number of carbonyl (C=O) groups excluding carboxylic acids is 2. The normalized spacial score (nSPS) is 16.9. The number of carbonyl (C=O) groups is 2. The molecule has 1 aromatic heterocycles. The second-order valence-electron chi connectivity index (χ2n) is 8.32. The number of aromatic nitrogens is 2. The van der Waals surface area contributed by atoms with Gasteiger partial charge in [-0.25, -0.2) is 4.79 Å². The number of hydrogen-bond acceptors (Lipinski definition) is 7. The number of rotatable bonds is 6. The summed E-state index contributed by atoms with van der Waals surface area (Å²) < 4.78 is 16.2. The van der Waals surface area contributed by atoms with E-state index >= 15 is 0 Å². The molecule has 0 saturated carbocycles. The fourth-order valence-corrected chi connectivity index (χ4v) is 3.24. The molecule has 2 heterocycles. The zero-order chi connectivity index (χ0) is 21.6. The maximum absolute atomic E-state index is 12.2. The number of nitrogens with zero attached hydrogens (tertiary/aromatic N) is 3. The minimum Gasteiger partial charge on any atom is -0.444 e. The van der Waals surface area contributed by atoms with Gasteiger partial charge in [-0.05, 0) is 51.8 Å². The number of hydrogen-bond donors (Lipinski definition) is 1. The molecule has 9 nitrogen and oxygen atoms in total. The zero-order valence-electron chi connectivity index (χ0n) is 17.6. The summed E-state index contributed by atoms with van der Waals surface area (Å²) in [7, 11) is 0. The molecule has 1 N–H and O–H groups in total. The molecule has 1 saturated heterocycles. The molecule has 162 valence electrons. The largest absolute Gasteiger partial charge is 0.444 e. The van der Waals surface area contributed by atoms with Crippen molar-refractivity contribution in [2.75, 3.05) is 31.6 Å². The molecule has 0 bridgehead atoms. The summed E-state index contributed by atoms with van der Waals surface area (Å²) in [5.41, 5.74) is 0.822. The van der Waals surface area contributed by atoms with Crippen molar-refractivity contribution in [3.8, 4) is 11.5 Å². The predicted molar refractivity (Wildman–Crippen MR) is 110 cm³/mol. The summed E-state index contributed by atoms with van der Waals surface area (Å²) in [6.07, 6.45) is 2.80. The number of ether oxygens (including phenoxy) is 2. The van der Waals surface area contributed by atoms with Crippen LogP contribution in [-0.2, 0) is 14.3 Å². The van der Waals surface area contributed by atoms with Gasteiger partial charge in [-0.15, -0.1) is 10.2 Å². The van der Waals surface area contributed by atoms with E-state index in [4.69, 9.17) is 13.9 Å². The monoisotopic (exact) mass is 416 g/mol. The van der Waals surface area contributed by atoms with Gasteiger partial charge in [0.2, 0.25) is 18.2 Å². The molecule has 1 aliphatic heterocycles. The Kier molecular flexibility index (Phi) is 7.04. The van der Waals surface area contributed by atoms with E-state index in [1.54, 1.807) is 23.1 Å². The average molecular weight is 416 g/mol. The Balaban J connectivity index is 1.42. The summed E-state index contributed by atoms with van der Waals surface area (Å²) >= 11 is 0. The van der Waals surface area contributed by atoms with E-state index < -0.39 is 5.60 Å². The lowest BCUT2D eigenvalue weighted by Crippen LogP contribution is -2.44. The van der Waals surface area contributed by atoms with Gasteiger partial charge in [0.15, 0.2) is 0 Å². The molecular formula is C21H28N4O5. The topological polar surface area (TPSA) is 107 Å². The van der Waals surface area contributed by atoms with Crippen molar-refractivity contribution in [2.45, 2.75) is 39.2 Å². The first-order valence-corrected chi connectivity index (χ1v) is 10.0. The van der Waals surface area contributed by atoms with Crippen LogP contribution in [0.5, 0.6) is 0 Å². The second-order valence-corrected chi connectivity index (χ2v) is 8.32. The highest BCUT2D eigenvalue weighted by Gasteiger charge is 2.27. The Morgan fingerprint density at radius 1 is 1.33 bits per heavy atom. The maximum Gasteiger partial charge on any atom is 0.410 e. The van der Waals surface area contributed by atoms with E-state index in [1.807, 2.05) is 26.8 Å². The van der Waals surface area contributed by atoms with Crippen LogP contribution in [0.3, 0.4) is 0 Å². The van der Waals surface area contributed by atoms with Gasteiger partial charge in [-0.1, -0.05) is 6.07 Å². The Morgan fingerprint density at radius 2 is 2.17 bits per heavy atom. The first-order chi connectivity index (χ1) is 14.3. The average Bonchev–Trinajstić information content (AvgIpc) is 3.22. The van der Waals surface area contributed by atoms with E-state index in [0.29, 0.717) is 31.3 Å². The third-order valence-corrected chi connectivity index (χ3v) is 4.51. The van der Waals surface area contributed by atoms with Crippen molar-refractivity contribution in [1.82, 2.24) is 15.1 Å². The number of nitrogens with one attached hydrogen (secondary N) is 1. The van der Waals surface area contributed by atoms with E-state index in [2.05, 4.69) is 15.5 Å². The molecule has 2 amide bonds. The first kappa shape index (κ1) is 21.8. The molecule has 0 aliphatic carbocycles. The molecule has 1 atom stereocenters. The number of likely N-dealkylation sites (tertiary alicyclic amines) is 1. The van der Waals surface area contributed by atoms with Crippen LogP contribution in [0, 0.1) is 5.92 Å². The van der Waals surface area contributed by atoms with Gasteiger partial charge < -0.3 is 24.1 Å². The Morgan fingerprint density at radius 3 is 2.90 bits per heavy atom. The van der Waals surface area contributed by atoms with Crippen molar-refractivity contribution in [2.24, 2.45) is 5.92 Å². The van der Waals surface area contributed by atoms with Gasteiger partial charge in [-0.2, -0.15) is 0 Å². The van der Waals surface area contributed by atoms with Crippen molar-refractivity contribution < 1.29 is 23.5 Å². The smallest absolute Gasteiger partial charge is 0.410 e. The second kappa shape index (κ2) is 9.71. The van der Waals surface area contributed by atoms with Gasteiger partial charge in [0.25, 0.3) is 0 Å². The molecule has 30 heavy (non-hydrogen) atoms. The Bertz CT molecular complexity index is 847. The van der Waals surface area contributed by atoms with Gasteiger partial charge >= 0.3 is 6.09 Å². The number of piperidine rings is 1. The molecule has 1 aromatic carbocycles. The molecule has 2 aromatic rings. The molecule has 0 unspecified atom stereocenters. The summed E-state index contributed by atoms with van der Waals surface area (Å²) in [5, 5.41) is 10.3.